The first-order valence-electron chi connectivity index (χ1n) is 12.8. The van der Waals surface area contributed by atoms with Gasteiger partial charge in [0.05, 0.1) is 57.6 Å². The monoisotopic (exact) mass is 504 g/mol. The number of nitrogens with zero attached hydrogens (tertiary/aromatic N) is 4. The van der Waals surface area contributed by atoms with Gasteiger partial charge in [0, 0.05) is 17.3 Å². The van der Waals surface area contributed by atoms with Crippen LogP contribution in [-0.2, 0) is 20.9 Å². The first-order valence-corrected chi connectivity index (χ1v) is 12.8. The summed E-state index contributed by atoms with van der Waals surface area (Å²) in [6.45, 7) is 2.28. The number of anilines is 1. The molecular formula is C30H24N4O4. The average molecular weight is 505 g/mol. The summed E-state index contributed by atoms with van der Waals surface area (Å²) in [7, 11) is 0. The zero-order valence-electron chi connectivity index (χ0n) is 20.8. The number of rotatable bonds is 4. The lowest BCUT2D eigenvalue weighted by atomic mass is 9.67. The van der Waals surface area contributed by atoms with Crippen LogP contribution in [0.1, 0.15) is 31.7 Å². The Labute approximate surface area is 218 Å². The Morgan fingerprint density at radius 3 is 2.53 bits per heavy atom. The second-order valence-corrected chi connectivity index (χ2v) is 10.7. The predicted octanol–water partition coefficient (Wildman–Crippen LogP) is 3.94. The molecule has 2 bridgehead atoms. The normalized spacial score (nSPS) is 27.8. The third kappa shape index (κ3) is 2.93. The van der Waals surface area contributed by atoms with Crippen molar-refractivity contribution in [3.63, 3.8) is 0 Å². The summed E-state index contributed by atoms with van der Waals surface area (Å²) in [4.78, 5) is 46.4. The lowest BCUT2D eigenvalue weighted by molar-refractivity contribution is -0.130. The number of hydrogen-bond acceptors (Lipinski definition) is 6. The van der Waals surface area contributed by atoms with E-state index in [1.165, 1.54) is 11.1 Å². The van der Waals surface area contributed by atoms with E-state index in [2.05, 4.69) is 11.1 Å². The number of aryl methyl sites for hydroxylation is 1. The number of ether oxygens (including phenoxy) is 1. The van der Waals surface area contributed by atoms with Gasteiger partial charge in [0.2, 0.25) is 11.8 Å². The number of fused-ring (bicyclic) bond motifs is 7. The fraction of sp³-hybridized carbons (Fsp3) is 0.300. The minimum Gasteiger partial charge on any atom is -0.367 e. The molecule has 2 amide bonds. The number of benzene rings is 3. The third-order valence-electron chi connectivity index (χ3n) is 8.79. The van der Waals surface area contributed by atoms with Crippen molar-refractivity contribution in [2.75, 3.05) is 4.90 Å². The van der Waals surface area contributed by atoms with Gasteiger partial charge in [-0.25, -0.2) is 9.88 Å². The summed E-state index contributed by atoms with van der Waals surface area (Å²) >= 11 is 0. The van der Waals surface area contributed by atoms with Gasteiger partial charge < -0.3 is 9.30 Å². The third-order valence-corrected chi connectivity index (χ3v) is 8.79. The van der Waals surface area contributed by atoms with Gasteiger partial charge >= 0.3 is 0 Å². The molecule has 4 aromatic rings. The van der Waals surface area contributed by atoms with Crippen LogP contribution in [0.5, 0.6) is 0 Å². The maximum Gasteiger partial charge on any atom is 0.269 e. The van der Waals surface area contributed by atoms with Gasteiger partial charge in [-0.15, -0.1) is 0 Å². The molecule has 3 aliphatic rings. The lowest BCUT2D eigenvalue weighted by Crippen LogP contribution is -2.43. The highest BCUT2D eigenvalue weighted by Gasteiger charge is 2.73. The maximum atomic E-state index is 14.1. The van der Waals surface area contributed by atoms with E-state index in [9.17, 15) is 19.6 Å². The molecule has 4 heterocycles. The summed E-state index contributed by atoms with van der Waals surface area (Å²) < 4.78 is 8.27. The number of hydrogen-bond donors (Lipinski definition) is 0. The molecule has 3 aromatic carbocycles. The molecule has 7 rings (SSSR count). The molecule has 3 saturated heterocycles. The van der Waals surface area contributed by atoms with Crippen LogP contribution in [0.2, 0.25) is 0 Å². The quantitative estimate of drug-likeness (QED) is 0.390. The van der Waals surface area contributed by atoms with Crippen molar-refractivity contribution < 1.29 is 14.3 Å². The van der Waals surface area contributed by atoms with Crippen molar-refractivity contribution in [3.8, 4) is 6.07 Å². The van der Waals surface area contributed by atoms with E-state index in [1.54, 1.807) is 16.7 Å². The number of nitriles is 1. The molecule has 8 nitrogen and oxygen atoms in total. The van der Waals surface area contributed by atoms with Crippen LogP contribution in [0.15, 0.2) is 71.7 Å². The molecule has 4 atom stereocenters. The Bertz CT molecular complexity index is 1790. The number of carbonyl (C=O) groups excluding carboxylic acids is 2. The van der Waals surface area contributed by atoms with Crippen molar-refractivity contribution >= 4 is 39.3 Å². The molecule has 0 radical (unpaired) electrons. The van der Waals surface area contributed by atoms with Crippen molar-refractivity contribution in [1.82, 2.24) is 9.55 Å². The van der Waals surface area contributed by atoms with E-state index in [4.69, 9.17) is 4.74 Å². The molecule has 38 heavy (non-hydrogen) atoms. The molecule has 1 aromatic heterocycles. The Kier molecular flexibility index (Phi) is 4.70. The van der Waals surface area contributed by atoms with E-state index in [0.717, 1.165) is 11.0 Å². The fourth-order valence-electron chi connectivity index (χ4n) is 7.07. The molecule has 0 saturated carbocycles. The second-order valence-electron chi connectivity index (χ2n) is 10.7. The van der Waals surface area contributed by atoms with E-state index in [1.807, 2.05) is 55.5 Å². The van der Waals surface area contributed by atoms with Gasteiger partial charge in [-0.3, -0.25) is 14.4 Å². The number of imide groups is 1. The summed E-state index contributed by atoms with van der Waals surface area (Å²) in [6, 6.07) is 20.4. The van der Waals surface area contributed by atoms with Crippen LogP contribution in [0.25, 0.3) is 21.8 Å². The molecule has 3 fully saturated rings. The first-order chi connectivity index (χ1) is 18.4. The van der Waals surface area contributed by atoms with Crippen molar-refractivity contribution in [1.29, 1.82) is 5.26 Å². The maximum absolute atomic E-state index is 14.1. The predicted molar refractivity (Wildman–Crippen MR) is 140 cm³/mol. The highest BCUT2D eigenvalue weighted by atomic mass is 16.5. The van der Waals surface area contributed by atoms with Gasteiger partial charge in [0.1, 0.15) is 0 Å². The van der Waals surface area contributed by atoms with Crippen LogP contribution in [0.3, 0.4) is 0 Å². The molecular weight excluding hydrogens is 480 g/mol. The Hall–Kier alpha value is -4.35. The highest BCUT2D eigenvalue weighted by molar-refractivity contribution is 6.26. The summed E-state index contributed by atoms with van der Waals surface area (Å²) in [6.07, 6.45) is 3.06. The molecule has 188 valence electrons. The van der Waals surface area contributed by atoms with Gasteiger partial charge in [-0.1, -0.05) is 36.4 Å². The number of para-hydroxylation sites is 2. The molecule has 3 aliphatic heterocycles. The van der Waals surface area contributed by atoms with Crippen LogP contribution in [0.4, 0.5) is 5.69 Å². The van der Waals surface area contributed by atoms with Crippen LogP contribution >= 0.6 is 0 Å². The largest absolute Gasteiger partial charge is 0.367 e. The fourth-order valence-corrected chi connectivity index (χ4v) is 7.07. The van der Waals surface area contributed by atoms with Gasteiger partial charge in [-0.2, -0.15) is 5.26 Å². The smallest absolute Gasteiger partial charge is 0.269 e. The Morgan fingerprint density at radius 2 is 1.71 bits per heavy atom. The molecule has 0 spiro atoms. The van der Waals surface area contributed by atoms with E-state index < -0.39 is 23.0 Å². The number of aromatic nitrogens is 2. The summed E-state index contributed by atoms with van der Waals surface area (Å²) in [5.74, 6) is -1.76. The van der Waals surface area contributed by atoms with E-state index in [0.29, 0.717) is 47.8 Å². The zero-order chi connectivity index (χ0) is 26.2. The van der Waals surface area contributed by atoms with Crippen LogP contribution in [-0.4, -0.2) is 32.6 Å². The summed E-state index contributed by atoms with van der Waals surface area (Å²) in [5, 5.41) is 11.0. The molecule has 0 aliphatic carbocycles. The first kappa shape index (κ1) is 22.8. The SMILES string of the molecule is CC12CCC(CCn3c(=O)cnc4ccccc43)(O1)C1C(=O)N(c3ccc(C#N)c4ccccc34)C(=O)C12. The summed E-state index contributed by atoms with van der Waals surface area (Å²) in [5.41, 5.74) is 0.634. The van der Waals surface area contributed by atoms with Crippen LogP contribution in [0, 0.1) is 23.2 Å². The van der Waals surface area contributed by atoms with Gasteiger partial charge in [0.15, 0.2) is 0 Å². The van der Waals surface area contributed by atoms with E-state index in [-0.39, 0.29) is 17.4 Å². The minimum atomic E-state index is -0.840. The molecule has 4 unspecified atom stereocenters. The minimum absolute atomic E-state index is 0.213. The molecule has 8 heteroatoms. The van der Waals surface area contributed by atoms with Crippen molar-refractivity contribution in [3.05, 3.63) is 82.8 Å². The van der Waals surface area contributed by atoms with Gasteiger partial charge in [-0.05, 0) is 50.5 Å². The van der Waals surface area contributed by atoms with E-state index >= 15 is 0 Å². The highest BCUT2D eigenvalue weighted by Crippen LogP contribution is 2.62. The van der Waals surface area contributed by atoms with Gasteiger partial charge in [0.25, 0.3) is 5.56 Å². The van der Waals surface area contributed by atoms with Crippen molar-refractivity contribution in [2.24, 2.45) is 11.8 Å². The Balaban J connectivity index is 1.29. The van der Waals surface area contributed by atoms with Crippen LogP contribution < -0.4 is 10.5 Å². The van der Waals surface area contributed by atoms with Crippen molar-refractivity contribution in [2.45, 2.75) is 43.9 Å². The second kappa shape index (κ2) is 7.83. The Morgan fingerprint density at radius 1 is 0.974 bits per heavy atom. The number of amides is 2. The topological polar surface area (TPSA) is 105 Å². The molecule has 0 N–H and O–H groups in total. The zero-order valence-corrected chi connectivity index (χ0v) is 20.8. The average Bonchev–Trinajstić information content (AvgIpc) is 3.51. The number of carbonyl (C=O) groups is 2. The standard InChI is InChI=1S/C30H24N4O4/c1-29-12-13-30(38-29,14-15-33-23-9-5-4-8-21(23)32-17-24(33)35)26-25(29)27(36)34(28(26)37)22-11-10-18(16-31)19-6-2-3-7-20(19)22/h2-11,17,25-26H,12-15H2,1H3. The lowest BCUT2D eigenvalue weighted by Gasteiger charge is -2.31.